The lowest BCUT2D eigenvalue weighted by Gasteiger charge is -2.31. The molecule has 0 bridgehead atoms. The number of carbonyl (C=O) groups is 3. The molecule has 3 heterocycles. The number of thiazole rings is 1. The number of rotatable bonds is 8. The molecule has 2 saturated heterocycles. The minimum Gasteiger partial charge on any atom is -0.480 e. The van der Waals surface area contributed by atoms with Gasteiger partial charge in [-0.2, -0.15) is 0 Å². The molecule has 2 aliphatic heterocycles. The molecular formula is C26H22N4O6S. The first-order valence-corrected chi connectivity index (χ1v) is 12.4. The first-order chi connectivity index (χ1) is 17.8. The Morgan fingerprint density at radius 2 is 1.89 bits per heavy atom. The molecule has 188 valence electrons. The van der Waals surface area contributed by atoms with Crippen LogP contribution in [-0.2, 0) is 20.8 Å². The Bertz CT molecular complexity index is 1380. The maximum atomic E-state index is 13.7. The van der Waals surface area contributed by atoms with E-state index >= 15 is 0 Å². The average molecular weight is 519 g/mol. The van der Waals surface area contributed by atoms with Crippen molar-refractivity contribution in [2.45, 2.75) is 18.0 Å². The van der Waals surface area contributed by atoms with E-state index in [1.54, 1.807) is 23.7 Å². The highest BCUT2D eigenvalue weighted by atomic mass is 32.1. The quantitative estimate of drug-likeness (QED) is 0.263. The number of carboxylic acids is 1. The Hall–Kier alpha value is -4.22. The average Bonchev–Trinajstić information content (AvgIpc) is 3.59. The predicted octanol–water partition coefficient (Wildman–Crippen LogP) is 3.08. The fraction of sp³-hybridized carbons (Fsp3) is 0.231. The number of hydrogen-bond donors (Lipinski definition) is 2. The van der Waals surface area contributed by atoms with Gasteiger partial charge < -0.3 is 5.11 Å². The molecule has 3 aromatic rings. The zero-order chi connectivity index (χ0) is 26.2. The van der Waals surface area contributed by atoms with Crippen LogP contribution in [0.3, 0.4) is 0 Å². The lowest BCUT2D eigenvalue weighted by molar-refractivity contribution is -0.384. The van der Waals surface area contributed by atoms with Gasteiger partial charge in [-0.15, -0.1) is 11.3 Å². The van der Waals surface area contributed by atoms with E-state index in [0.29, 0.717) is 10.6 Å². The summed E-state index contributed by atoms with van der Waals surface area (Å²) in [6.45, 7) is 0.0113. The van der Waals surface area contributed by atoms with E-state index in [0.717, 1.165) is 10.5 Å². The van der Waals surface area contributed by atoms with Crippen molar-refractivity contribution >= 4 is 40.9 Å². The van der Waals surface area contributed by atoms with Crippen molar-refractivity contribution in [2.24, 2.45) is 11.8 Å². The number of nitro benzene ring substituents is 1. The Labute approximate surface area is 215 Å². The minimum absolute atomic E-state index is 0.0113. The van der Waals surface area contributed by atoms with Crippen LogP contribution < -0.4 is 5.32 Å². The first-order valence-electron chi connectivity index (χ1n) is 11.5. The predicted molar refractivity (Wildman–Crippen MR) is 134 cm³/mol. The number of likely N-dealkylation sites (tertiary alicyclic amines) is 1. The number of non-ortho nitro benzene ring substituents is 1. The van der Waals surface area contributed by atoms with Crippen LogP contribution in [0.25, 0.3) is 6.08 Å². The van der Waals surface area contributed by atoms with Gasteiger partial charge in [-0.1, -0.05) is 54.6 Å². The Morgan fingerprint density at radius 1 is 1.16 bits per heavy atom. The number of amides is 2. The summed E-state index contributed by atoms with van der Waals surface area (Å²) < 4.78 is 0. The van der Waals surface area contributed by atoms with Gasteiger partial charge in [0.25, 0.3) is 5.69 Å². The van der Waals surface area contributed by atoms with Crippen LogP contribution in [-0.4, -0.2) is 49.8 Å². The van der Waals surface area contributed by atoms with Crippen molar-refractivity contribution in [3.63, 3.8) is 0 Å². The number of imide groups is 1. The minimum atomic E-state index is -1.80. The second-order valence-corrected chi connectivity index (χ2v) is 9.90. The number of fused-ring (bicyclic) bond motifs is 1. The van der Waals surface area contributed by atoms with Gasteiger partial charge >= 0.3 is 5.97 Å². The molecule has 2 aliphatic rings. The van der Waals surface area contributed by atoms with Gasteiger partial charge in [0.1, 0.15) is 10.5 Å². The van der Waals surface area contributed by atoms with Crippen molar-refractivity contribution < 1.29 is 24.4 Å². The normalized spacial score (nSPS) is 25.1. The Morgan fingerprint density at radius 3 is 2.51 bits per heavy atom. The van der Waals surface area contributed by atoms with Gasteiger partial charge in [0.05, 0.1) is 22.8 Å². The molecule has 0 spiro atoms. The molecule has 4 unspecified atom stereocenters. The van der Waals surface area contributed by atoms with Crippen molar-refractivity contribution in [3.8, 4) is 0 Å². The number of benzene rings is 2. The molecule has 11 heteroatoms. The third-order valence-corrected chi connectivity index (χ3v) is 7.73. The molecule has 0 aliphatic carbocycles. The van der Waals surface area contributed by atoms with E-state index in [9.17, 15) is 29.6 Å². The van der Waals surface area contributed by atoms with Gasteiger partial charge in [-0.05, 0) is 11.1 Å². The lowest BCUT2D eigenvalue weighted by atomic mass is 9.76. The van der Waals surface area contributed by atoms with Crippen molar-refractivity contribution in [1.29, 1.82) is 0 Å². The first kappa shape index (κ1) is 24.5. The molecule has 2 N–H and O–H groups in total. The van der Waals surface area contributed by atoms with E-state index in [1.165, 1.54) is 35.6 Å². The molecule has 4 atom stereocenters. The molecule has 1 aromatic heterocycles. The number of carboxylic acid groups (broad SMARTS) is 1. The van der Waals surface area contributed by atoms with Gasteiger partial charge in [0.15, 0.2) is 0 Å². The highest BCUT2D eigenvalue weighted by Gasteiger charge is 2.68. The van der Waals surface area contributed by atoms with Gasteiger partial charge in [-0.3, -0.25) is 34.7 Å². The summed E-state index contributed by atoms with van der Waals surface area (Å²) in [7, 11) is 0. The van der Waals surface area contributed by atoms with E-state index in [2.05, 4.69) is 10.3 Å². The summed E-state index contributed by atoms with van der Waals surface area (Å²) in [5.41, 5.74) is -0.541. The molecule has 37 heavy (non-hydrogen) atoms. The van der Waals surface area contributed by atoms with Crippen LogP contribution in [0, 0.1) is 22.0 Å². The number of nitro groups is 1. The summed E-state index contributed by atoms with van der Waals surface area (Å²) in [5.74, 6) is -4.41. The molecule has 2 fully saturated rings. The molecule has 2 amide bonds. The summed E-state index contributed by atoms with van der Waals surface area (Å²) in [4.78, 5) is 56.0. The van der Waals surface area contributed by atoms with E-state index in [-0.39, 0.29) is 18.7 Å². The van der Waals surface area contributed by atoms with Crippen LogP contribution in [0.2, 0.25) is 0 Å². The molecule has 0 saturated carbocycles. The highest BCUT2D eigenvalue weighted by molar-refractivity contribution is 7.09. The molecule has 10 nitrogen and oxygen atoms in total. The lowest BCUT2D eigenvalue weighted by Crippen LogP contribution is -2.57. The largest absolute Gasteiger partial charge is 0.480 e. The van der Waals surface area contributed by atoms with Crippen molar-refractivity contribution in [2.75, 3.05) is 6.54 Å². The summed E-state index contributed by atoms with van der Waals surface area (Å²) >= 11 is 1.28. The molecule has 0 radical (unpaired) electrons. The van der Waals surface area contributed by atoms with Crippen LogP contribution >= 0.6 is 11.3 Å². The SMILES string of the molecule is O=C1C2C(c3nccs3)NC(Cc3ccc([N+](=O)[O-])cc3)(C(=O)O)C2C(=O)N1CC=Cc1ccccc1. The smallest absolute Gasteiger partial charge is 0.325 e. The van der Waals surface area contributed by atoms with Crippen LogP contribution in [0.5, 0.6) is 0 Å². The van der Waals surface area contributed by atoms with E-state index in [4.69, 9.17) is 0 Å². The number of aromatic nitrogens is 1. The fourth-order valence-corrected chi connectivity index (χ4v) is 5.93. The second kappa shape index (κ2) is 9.68. The molecular weight excluding hydrogens is 496 g/mol. The number of carbonyl (C=O) groups excluding carboxylic acids is 2. The maximum Gasteiger partial charge on any atom is 0.325 e. The number of nitrogens with zero attached hydrogens (tertiary/aromatic N) is 3. The topological polar surface area (TPSA) is 143 Å². The third-order valence-electron chi connectivity index (χ3n) is 6.87. The fourth-order valence-electron chi connectivity index (χ4n) is 5.19. The number of aliphatic carboxylic acids is 1. The van der Waals surface area contributed by atoms with Gasteiger partial charge in [0.2, 0.25) is 11.8 Å². The standard InChI is InChI=1S/C26H22N4O6S/c31-23-19-20(24(32)29(23)13-4-7-16-5-2-1-3-6-16)26(25(33)34,28-21(19)22-27-12-14-37-22)15-17-8-10-18(11-9-17)30(35)36/h1-12,14,19-21,28H,13,15H2,(H,33,34). The number of nitrogens with one attached hydrogen (secondary N) is 1. The van der Waals surface area contributed by atoms with Crippen LogP contribution in [0.4, 0.5) is 5.69 Å². The van der Waals surface area contributed by atoms with Gasteiger partial charge in [0, 0.05) is 36.7 Å². The van der Waals surface area contributed by atoms with Crippen LogP contribution in [0.1, 0.15) is 22.2 Å². The Balaban J connectivity index is 1.50. The summed E-state index contributed by atoms with van der Waals surface area (Å²) in [5, 5.41) is 26.8. The second-order valence-electron chi connectivity index (χ2n) is 8.97. The van der Waals surface area contributed by atoms with Gasteiger partial charge in [-0.25, -0.2) is 4.98 Å². The van der Waals surface area contributed by atoms with E-state index in [1.807, 2.05) is 30.3 Å². The zero-order valence-electron chi connectivity index (χ0n) is 19.4. The summed E-state index contributed by atoms with van der Waals surface area (Å²) in [6.07, 6.45) is 4.93. The maximum absolute atomic E-state index is 13.7. The van der Waals surface area contributed by atoms with Crippen molar-refractivity contribution in [1.82, 2.24) is 15.2 Å². The monoisotopic (exact) mass is 518 g/mol. The van der Waals surface area contributed by atoms with Crippen LogP contribution in [0.15, 0.2) is 72.3 Å². The zero-order valence-corrected chi connectivity index (χ0v) is 20.2. The molecule has 5 rings (SSSR count). The molecule has 2 aromatic carbocycles. The number of hydrogen-bond acceptors (Lipinski definition) is 8. The van der Waals surface area contributed by atoms with Crippen molar-refractivity contribution in [3.05, 3.63) is 98.5 Å². The highest BCUT2D eigenvalue weighted by Crippen LogP contribution is 2.50. The third kappa shape index (κ3) is 4.32. The Kier molecular flexibility index (Phi) is 6.40. The summed E-state index contributed by atoms with van der Waals surface area (Å²) in [6, 6.07) is 14.2. The van der Waals surface area contributed by atoms with E-state index < -0.39 is 46.1 Å².